The van der Waals surface area contributed by atoms with E-state index in [0.29, 0.717) is 19.0 Å². The van der Waals surface area contributed by atoms with Gasteiger partial charge in [-0.2, -0.15) is 10.1 Å². The van der Waals surface area contributed by atoms with Crippen molar-refractivity contribution in [3.8, 4) is 0 Å². The van der Waals surface area contributed by atoms with E-state index in [1.165, 1.54) is 11.9 Å². The lowest BCUT2D eigenvalue weighted by molar-refractivity contribution is -0.128. The SMILES string of the molecule is O=C(CC1Cn2ncnc2NC1=O)NCCc1ccccc1. The summed E-state index contributed by atoms with van der Waals surface area (Å²) in [6.07, 6.45) is 2.31. The maximum absolute atomic E-state index is 12.0. The Hall–Kier alpha value is -2.70. The summed E-state index contributed by atoms with van der Waals surface area (Å²) in [7, 11) is 0. The average Bonchev–Trinajstić information content (AvgIpc) is 2.96. The third-order valence-electron chi connectivity index (χ3n) is 3.63. The lowest BCUT2D eigenvalue weighted by atomic mass is 10.0. The summed E-state index contributed by atoms with van der Waals surface area (Å²) < 4.78 is 1.60. The molecule has 0 saturated carbocycles. The smallest absolute Gasteiger partial charge is 0.232 e. The molecule has 0 aliphatic carbocycles. The van der Waals surface area contributed by atoms with Crippen LogP contribution in [-0.4, -0.2) is 33.1 Å². The topological polar surface area (TPSA) is 88.9 Å². The fourth-order valence-electron chi connectivity index (χ4n) is 2.44. The summed E-state index contributed by atoms with van der Waals surface area (Å²) in [6, 6.07) is 9.95. The van der Waals surface area contributed by atoms with Crippen molar-refractivity contribution in [2.45, 2.75) is 19.4 Å². The zero-order chi connectivity index (χ0) is 15.4. The summed E-state index contributed by atoms with van der Waals surface area (Å²) in [5, 5.41) is 9.51. The molecule has 22 heavy (non-hydrogen) atoms. The van der Waals surface area contributed by atoms with E-state index in [1.54, 1.807) is 4.68 Å². The standard InChI is InChI=1S/C15H17N5O2/c21-13(16-7-6-11-4-2-1-3-5-11)8-12-9-20-15(17-10-18-20)19-14(12)22/h1-5,10,12H,6-9H2,(H,16,21)(H,17,18,19,22). The van der Waals surface area contributed by atoms with Crippen LogP contribution < -0.4 is 10.6 Å². The second kappa shape index (κ2) is 6.38. The predicted molar refractivity (Wildman–Crippen MR) is 79.9 cm³/mol. The Labute approximate surface area is 127 Å². The molecule has 1 aliphatic heterocycles. The van der Waals surface area contributed by atoms with Crippen LogP contribution in [0.2, 0.25) is 0 Å². The van der Waals surface area contributed by atoms with Gasteiger partial charge in [0.15, 0.2) is 0 Å². The number of hydrogen-bond acceptors (Lipinski definition) is 4. The third-order valence-corrected chi connectivity index (χ3v) is 3.63. The maximum atomic E-state index is 12.0. The van der Waals surface area contributed by atoms with E-state index >= 15 is 0 Å². The van der Waals surface area contributed by atoms with E-state index in [-0.39, 0.29) is 18.2 Å². The van der Waals surface area contributed by atoms with Crippen molar-refractivity contribution in [3.63, 3.8) is 0 Å². The number of carbonyl (C=O) groups is 2. The molecular weight excluding hydrogens is 282 g/mol. The van der Waals surface area contributed by atoms with Crippen LogP contribution in [0.25, 0.3) is 0 Å². The molecule has 114 valence electrons. The highest BCUT2D eigenvalue weighted by Crippen LogP contribution is 2.17. The van der Waals surface area contributed by atoms with Crippen LogP contribution in [0, 0.1) is 5.92 Å². The van der Waals surface area contributed by atoms with E-state index in [1.807, 2.05) is 30.3 Å². The van der Waals surface area contributed by atoms with Crippen molar-refractivity contribution < 1.29 is 9.59 Å². The molecule has 3 rings (SSSR count). The molecule has 2 amide bonds. The summed E-state index contributed by atoms with van der Waals surface area (Å²) in [4.78, 5) is 27.8. The molecule has 2 heterocycles. The van der Waals surface area contributed by atoms with Gasteiger partial charge in [-0.3, -0.25) is 14.9 Å². The molecule has 0 fully saturated rings. The molecule has 2 aromatic rings. The fourth-order valence-corrected chi connectivity index (χ4v) is 2.44. The van der Waals surface area contributed by atoms with Crippen molar-refractivity contribution in [1.82, 2.24) is 20.1 Å². The van der Waals surface area contributed by atoms with Gasteiger partial charge in [-0.05, 0) is 12.0 Å². The average molecular weight is 299 g/mol. The van der Waals surface area contributed by atoms with E-state index in [0.717, 1.165) is 6.42 Å². The zero-order valence-corrected chi connectivity index (χ0v) is 12.0. The van der Waals surface area contributed by atoms with E-state index in [4.69, 9.17) is 0 Å². The van der Waals surface area contributed by atoms with Crippen LogP contribution in [0.1, 0.15) is 12.0 Å². The van der Waals surface area contributed by atoms with Crippen molar-refractivity contribution in [2.75, 3.05) is 11.9 Å². The van der Waals surface area contributed by atoms with Gasteiger partial charge in [-0.1, -0.05) is 30.3 Å². The Morgan fingerprint density at radius 1 is 1.36 bits per heavy atom. The van der Waals surface area contributed by atoms with Crippen LogP contribution in [0.4, 0.5) is 5.95 Å². The van der Waals surface area contributed by atoms with Gasteiger partial charge in [0.25, 0.3) is 0 Å². The van der Waals surface area contributed by atoms with Gasteiger partial charge in [0.2, 0.25) is 17.8 Å². The first-order chi connectivity index (χ1) is 10.7. The number of hydrogen-bond donors (Lipinski definition) is 2. The third kappa shape index (κ3) is 3.30. The number of nitrogens with one attached hydrogen (secondary N) is 2. The molecule has 0 bridgehead atoms. The lowest BCUT2D eigenvalue weighted by Gasteiger charge is -2.21. The quantitative estimate of drug-likeness (QED) is 0.846. The molecular formula is C15H17N5O2. The minimum Gasteiger partial charge on any atom is -0.356 e. The van der Waals surface area contributed by atoms with E-state index in [9.17, 15) is 9.59 Å². The van der Waals surface area contributed by atoms with E-state index < -0.39 is 5.92 Å². The van der Waals surface area contributed by atoms with Crippen LogP contribution in [0.3, 0.4) is 0 Å². The van der Waals surface area contributed by atoms with Crippen molar-refractivity contribution >= 4 is 17.8 Å². The van der Waals surface area contributed by atoms with Gasteiger partial charge in [-0.25, -0.2) is 4.68 Å². The lowest BCUT2D eigenvalue weighted by Crippen LogP contribution is -2.38. The Kier molecular flexibility index (Phi) is 4.13. The van der Waals surface area contributed by atoms with E-state index in [2.05, 4.69) is 20.7 Å². The number of fused-ring (bicyclic) bond motifs is 1. The number of benzene rings is 1. The largest absolute Gasteiger partial charge is 0.356 e. The minimum atomic E-state index is -0.411. The van der Waals surface area contributed by atoms with Gasteiger partial charge in [0.1, 0.15) is 6.33 Å². The summed E-state index contributed by atoms with van der Waals surface area (Å²) in [6.45, 7) is 0.943. The van der Waals surface area contributed by atoms with Gasteiger partial charge >= 0.3 is 0 Å². The first-order valence-corrected chi connectivity index (χ1v) is 7.21. The molecule has 1 atom stereocenters. The molecule has 1 unspecified atom stereocenters. The van der Waals surface area contributed by atoms with Crippen LogP contribution in [0.15, 0.2) is 36.7 Å². The first kappa shape index (κ1) is 14.2. The van der Waals surface area contributed by atoms with Gasteiger partial charge < -0.3 is 5.32 Å². The first-order valence-electron chi connectivity index (χ1n) is 7.21. The number of carbonyl (C=O) groups excluding carboxylic acids is 2. The van der Waals surface area contributed by atoms with Crippen molar-refractivity contribution in [1.29, 1.82) is 0 Å². The van der Waals surface area contributed by atoms with Crippen LogP contribution in [0.5, 0.6) is 0 Å². The maximum Gasteiger partial charge on any atom is 0.232 e. The molecule has 0 saturated heterocycles. The number of amides is 2. The molecule has 1 aliphatic rings. The van der Waals surface area contributed by atoms with Crippen LogP contribution in [-0.2, 0) is 22.6 Å². The van der Waals surface area contributed by atoms with Crippen molar-refractivity contribution in [3.05, 3.63) is 42.2 Å². The van der Waals surface area contributed by atoms with Crippen molar-refractivity contribution in [2.24, 2.45) is 5.92 Å². The summed E-state index contributed by atoms with van der Waals surface area (Å²) in [5.74, 6) is -0.282. The Morgan fingerprint density at radius 3 is 3.00 bits per heavy atom. The summed E-state index contributed by atoms with van der Waals surface area (Å²) in [5.41, 5.74) is 1.17. The minimum absolute atomic E-state index is 0.125. The summed E-state index contributed by atoms with van der Waals surface area (Å²) >= 11 is 0. The number of anilines is 1. The highest BCUT2D eigenvalue weighted by atomic mass is 16.2. The predicted octanol–water partition coefficient (Wildman–Crippen LogP) is 0.595. The zero-order valence-electron chi connectivity index (χ0n) is 12.0. The fraction of sp³-hybridized carbons (Fsp3) is 0.333. The second-order valence-corrected chi connectivity index (χ2v) is 5.24. The molecule has 0 radical (unpaired) electrons. The monoisotopic (exact) mass is 299 g/mol. The Balaban J connectivity index is 1.47. The van der Waals surface area contributed by atoms with Gasteiger partial charge in [0.05, 0.1) is 12.5 Å². The highest BCUT2D eigenvalue weighted by molar-refractivity contribution is 5.94. The number of rotatable bonds is 5. The molecule has 1 aromatic heterocycles. The molecule has 1 aromatic carbocycles. The molecule has 0 spiro atoms. The van der Waals surface area contributed by atoms with Crippen LogP contribution >= 0.6 is 0 Å². The van der Waals surface area contributed by atoms with Gasteiger partial charge in [-0.15, -0.1) is 0 Å². The molecule has 7 nitrogen and oxygen atoms in total. The number of aromatic nitrogens is 3. The highest BCUT2D eigenvalue weighted by Gasteiger charge is 2.29. The normalized spacial score (nSPS) is 16.7. The Bertz CT molecular complexity index is 668. The molecule has 7 heteroatoms. The van der Waals surface area contributed by atoms with Gasteiger partial charge in [0, 0.05) is 13.0 Å². The second-order valence-electron chi connectivity index (χ2n) is 5.24. The number of nitrogens with zero attached hydrogens (tertiary/aromatic N) is 3. The molecule has 2 N–H and O–H groups in total. The Morgan fingerprint density at radius 2 is 2.18 bits per heavy atom.